The van der Waals surface area contributed by atoms with Crippen molar-refractivity contribution >= 4 is 11.7 Å². The lowest BCUT2D eigenvalue weighted by atomic mass is 9.78. The van der Waals surface area contributed by atoms with Crippen molar-refractivity contribution in [1.82, 2.24) is 19.7 Å². The number of hydrogen-bond donors (Lipinski definition) is 1. The number of nitrogens with zero attached hydrogens (tertiary/aromatic N) is 5. The number of ether oxygens (including phenoxy) is 1. The number of aliphatic hydroxyl groups excluding tert-OH is 1. The van der Waals surface area contributed by atoms with Crippen LogP contribution in [0.5, 0.6) is 5.88 Å². The van der Waals surface area contributed by atoms with Crippen molar-refractivity contribution in [3.8, 4) is 17.0 Å². The van der Waals surface area contributed by atoms with E-state index in [4.69, 9.17) is 9.72 Å². The van der Waals surface area contributed by atoms with Crippen molar-refractivity contribution in [3.63, 3.8) is 0 Å². The van der Waals surface area contributed by atoms with Crippen LogP contribution in [0.1, 0.15) is 88.3 Å². The quantitative estimate of drug-likeness (QED) is 0.368. The Morgan fingerprint density at radius 3 is 2.45 bits per heavy atom. The van der Waals surface area contributed by atoms with Crippen molar-refractivity contribution in [1.29, 1.82) is 0 Å². The van der Waals surface area contributed by atoms with Gasteiger partial charge in [-0.25, -0.2) is 9.97 Å². The molecule has 1 amide bonds. The average Bonchev–Trinajstić information content (AvgIpc) is 3.47. The number of aliphatic hydroxyl groups is 1. The number of pyridine rings is 2. The highest BCUT2D eigenvalue weighted by Gasteiger charge is 2.33. The monoisotopic (exact) mass is 545 g/mol. The lowest BCUT2D eigenvalue weighted by molar-refractivity contribution is -0.124. The number of carbonyl (C=O) groups is 1. The van der Waals surface area contributed by atoms with E-state index in [9.17, 15) is 9.90 Å². The summed E-state index contributed by atoms with van der Waals surface area (Å²) in [6, 6.07) is 6.51. The average molecular weight is 546 g/mol. The van der Waals surface area contributed by atoms with Gasteiger partial charge in [-0.05, 0) is 113 Å². The maximum absolute atomic E-state index is 14.0. The minimum atomic E-state index is -0.289. The van der Waals surface area contributed by atoms with E-state index >= 15 is 0 Å². The van der Waals surface area contributed by atoms with Crippen LogP contribution in [-0.4, -0.2) is 50.5 Å². The first kappa shape index (κ1) is 28.3. The smallest absolute Gasteiger partial charge is 0.231 e. The summed E-state index contributed by atoms with van der Waals surface area (Å²) >= 11 is 0. The molecule has 3 aromatic rings. The predicted octanol–water partition coefficient (Wildman–Crippen LogP) is 6.10. The lowest BCUT2D eigenvalue weighted by Crippen LogP contribution is -2.42. The second-order valence-corrected chi connectivity index (χ2v) is 12.0. The molecule has 3 heterocycles. The molecule has 214 valence electrons. The molecule has 0 bridgehead atoms. The number of aromatic nitrogens is 4. The number of hydrogen-bond acceptors (Lipinski definition) is 6. The highest BCUT2D eigenvalue weighted by molar-refractivity contribution is 5.94. The summed E-state index contributed by atoms with van der Waals surface area (Å²) in [6.07, 6.45) is 14.5. The fraction of sp³-hybridized carbons (Fsp3) is 0.562. The van der Waals surface area contributed by atoms with Crippen molar-refractivity contribution in [2.75, 3.05) is 18.6 Å². The van der Waals surface area contributed by atoms with E-state index in [2.05, 4.69) is 36.2 Å². The van der Waals surface area contributed by atoms with Gasteiger partial charge < -0.3 is 9.84 Å². The number of aryl methyl sites for hydroxylation is 1. The van der Waals surface area contributed by atoms with Gasteiger partial charge in [0.15, 0.2) is 0 Å². The summed E-state index contributed by atoms with van der Waals surface area (Å²) in [6.45, 7) is 6.94. The molecular weight excluding hydrogens is 502 g/mol. The van der Waals surface area contributed by atoms with Crippen LogP contribution < -0.4 is 9.64 Å². The Morgan fingerprint density at radius 1 is 1.05 bits per heavy atom. The molecule has 3 aromatic heterocycles. The van der Waals surface area contributed by atoms with Crippen molar-refractivity contribution in [3.05, 3.63) is 54.1 Å². The molecule has 8 heteroatoms. The number of carbonyl (C=O) groups excluding carboxylic acids is 1. The summed E-state index contributed by atoms with van der Waals surface area (Å²) in [5, 5.41) is 14.5. The van der Waals surface area contributed by atoms with E-state index in [1.54, 1.807) is 13.3 Å². The van der Waals surface area contributed by atoms with Crippen molar-refractivity contribution in [2.24, 2.45) is 11.8 Å². The van der Waals surface area contributed by atoms with Gasteiger partial charge in [0.1, 0.15) is 5.82 Å². The normalized spacial score (nSPS) is 23.2. The molecule has 0 aromatic carbocycles. The molecule has 1 N–H and O–H groups in total. The first-order chi connectivity index (χ1) is 19.3. The van der Waals surface area contributed by atoms with Crippen LogP contribution in [0.15, 0.2) is 43.0 Å². The molecule has 0 atom stereocenters. The lowest BCUT2D eigenvalue weighted by Gasteiger charge is -2.35. The molecular formula is C32H43N5O3. The zero-order valence-electron chi connectivity index (χ0n) is 24.3. The minimum Gasteiger partial charge on any atom is -0.481 e. The summed E-state index contributed by atoms with van der Waals surface area (Å²) in [7, 11) is 1.66. The second kappa shape index (κ2) is 12.5. The van der Waals surface area contributed by atoms with Gasteiger partial charge in [-0.3, -0.25) is 14.4 Å². The van der Waals surface area contributed by atoms with Crippen LogP contribution in [0.4, 0.5) is 5.82 Å². The predicted molar refractivity (Wildman–Crippen MR) is 156 cm³/mol. The van der Waals surface area contributed by atoms with Crippen LogP contribution in [0.2, 0.25) is 0 Å². The van der Waals surface area contributed by atoms with Crippen LogP contribution in [0, 0.1) is 18.8 Å². The Morgan fingerprint density at radius 2 is 1.80 bits per heavy atom. The highest BCUT2D eigenvalue weighted by Crippen LogP contribution is 2.38. The molecule has 5 rings (SSSR count). The van der Waals surface area contributed by atoms with Gasteiger partial charge in [0.05, 0.1) is 19.4 Å². The van der Waals surface area contributed by atoms with Crippen molar-refractivity contribution in [2.45, 2.75) is 90.2 Å². The molecule has 0 radical (unpaired) electrons. The van der Waals surface area contributed by atoms with Crippen LogP contribution in [0.25, 0.3) is 11.1 Å². The maximum Gasteiger partial charge on any atom is 0.231 e. The molecule has 0 aliphatic heterocycles. The molecule has 0 spiro atoms. The number of methoxy groups -OCH3 is 1. The Kier molecular flexibility index (Phi) is 8.84. The third-order valence-corrected chi connectivity index (χ3v) is 8.80. The summed E-state index contributed by atoms with van der Waals surface area (Å²) in [5.74, 6) is 2.37. The minimum absolute atomic E-state index is 0.0674. The summed E-state index contributed by atoms with van der Waals surface area (Å²) in [5.41, 5.74) is 4.39. The Hall–Kier alpha value is -3.26. The number of rotatable bonds is 8. The van der Waals surface area contributed by atoms with Crippen LogP contribution >= 0.6 is 0 Å². The first-order valence-corrected chi connectivity index (χ1v) is 14.8. The molecule has 2 saturated carbocycles. The number of amides is 1. The van der Waals surface area contributed by atoms with E-state index in [-0.39, 0.29) is 24.0 Å². The maximum atomic E-state index is 14.0. The van der Waals surface area contributed by atoms with E-state index in [0.29, 0.717) is 42.9 Å². The van der Waals surface area contributed by atoms with Gasteiger partial charge in [0.25, 0.3) is 0 Å². The summed E-state index contributed by atoms with van der Waals surface area (Å²) in [4.78, 5) is 25.1. The molecule has 0 saturated heterocycles. The third kappa shape index (κ3) is 6.38. The highest BCUT2D eigenvalue weighted by atomic mass is 16.5. The molecule has 0 unspecified atom stereocenters. The zero-order valence-corrected chi connectivity index (χ0v) is 24.3. The second-order valence-electron chi connectivity index (χ2n) is 12.0. The topological polar surface area (TPSA) is 93.4 Å². The third-order valence-electron chi connectivity index (χ3n) is 8.80. The van der Waals surface area contributed by atoms with Gasteiger partial charge >= 0.3 is 0 Å². The zero-order chi connectivity index (χ0) is 28.2. The van der Waals surface area contributed by atoms with Crippen molar-refractivity contribution < 1.29 is 14.6 Å². The van der Waals surface area contributed by atoms with E-state index < -0.39 is 0 Å². The SMILES string of the molecule is COc1ncc(C2CCC(CN(C(=O)C3CCC(O)CC3)c3cc(-c4cnn(C(C)C)c4)ccn3)CC2)cc1C. The fourth-order valence-electron chi connectivity index (χ4n) is 6.31. The van der Waals surface area contributed by atoms with Crippen LogP contribution in [0.3, 0.4) is 0 Å². The largest absolute Gasteiger partial charge is 0.481 e. The van der Waals surface area contributed by atoms with E-state index in [1.165, 1.54) is 5.56 Å². The van der Waals surface area contributed by atoms with E-state index in [1.807, 2.05) is 41.0 Å². The van der Waals surface area contributed by atoms with Gasteiger partial charge in [-0.15, -0.1) is 0 Å². The molecule has 2 aliphatic carbocycles. The molecule has 8 nitrogen and oxygen atoms in total. The first-order valence-electron chi connectivity index (χ1n) is 14.8. The van der Waals surface area contributed by atoms with E-state index in [0.717, 1.165) is 55.2 Å². The Bertz CT molecular complexity index is 1290. The van der Waals surface area contributed by atoms with Gasteiger partial charge in [0, 0.05) is 48.2 Å². The van der Waals surface area contributed by atoms with Gasteiger partial charge in [0.2, 0.25) is 11.8 Å². The molecule has 2 aliphatic rings. The van der Waals surface area contributed by atoms with Crippen LogP contribution in [-0.2, 0) is 4.79 Å². The molecule has 40 heavy (non-hydrogen) atoms. The standard InChI is InChI=1S/C32H43N5O3/c1-21(2)37-20-28(18-35-37)26-13-14-33-30(16-26)36(32(39)25-9-11-29(38)12-10-25)19-23-5-7-24(8-6-23)27-15-22(3)31(40-4)34-17-27/h13-18,20-21,23-25,29,38H,5-12,19H2,1-4H3. The Labute approximate surface area is 237 Å². The fourth-order valence-corrected chi connectivity index (χ4v) is 6.31. The molecule has 2 fully saturated rings. The van der Waals surface area contributed by atoms with Gasteiger partial charge in [-0.1, -0.05) is 0 Å². The Balaban J connectivity index is 1.33. The summed E-state index contributed by atoms with van der Waals surface area (Å²) < 4.78 is 7.29. The van der Waals surface area contributed by atoms with Gasteiger partial charge in [-0.2, -0.15) is 5.10 Å². The number of anilines is 1.